The monoisotopic (exact) mass is 272 g/mol. The van der Waals surface area contributed by atoms with E-state index in [1.54, 1.807) is 12.1 Å². The van der Waals surface area contributed by atoms with E-state index < -0.39 is 17.5 Å². The minimum absolute atomic E-state index is 0.0559. The number of nitrogens with two attached hydrogens (primary N) is 1. The van der Waals surface area contributed by atoms with Crippen LogP contribution in [0.15, 0.2) is 30.3 Å². The van der Waals surface area contributed by atoms with Gasteiger partial charge in [0.2, 0.25) is 0 Å². The first-order valence-corrected chi connectivity index (χ1v) is 5.32. The summed E-state index contributed by atoms with van der Waals surface area (Å²) in [5, 5.41) is 3.12. The lowest BCUT2D eigenvalue weighted by atomic mass is 10.2. The summed E-state index contributed by atoms with van der Waals surface area (Å²) in [7, 11) is 0. The molecule has 0 aliphatic rings. The Balaban J connectivity index is 2.34. The predicted molar refractivity (Wildman–Crippen MR) is 65.5 cm³/mol. The first kappa shape index (κ1) is 12.6. The topological polar surface area (TPSA) is 38.0 Å². The molecule has 0 bridgehead atoms. The normalized spacial score (nSPS) is 10.4. The predicted octanol–water partition coefficient (Wildman–Crippen LogP) is 4.08. The number of anilines is 3. The lowest BCUT2D eigenvalue weighted by Crippen LogP contribution is -1.99. The Hall–Kier alpha value is -1.88. The van der Waals surface area contributed by atoms with Gasteiger partial charge >= 0.3 is 0 Å². The maximum Gasteiger partial charge on any atom is 0.194 e. The van der Waals surface area contributed by atoms with Crippen LogP contribution in [0.4, 0.5) is 30.2 Å². The lowest BCUT2D eigenvalue weighted by molar-refractivity contribution is 0.448. The van der Waals surface area contributed by atoms with Crippen LogP contribution in [0.2, 0.25) is 5.02 Å². The molecular weight excluding hydrogens is 265 g/mol. The minimum Gasteiger partial charge on any atom is -0.397 e. The van der Waals surface area contributed by atoms with Crippen LogP contribution in [0.25, 0.3) is 0 Å². The molecular formula is C12H8ClF3N2. The van der Waals surface area contributed by atoms with Crippen molar-refractivity contribution in [3.05, 3.63) is 52.8 Å². The van der Waals surface area contributed by atoms with Gasteiger partial charge in [0.05, 0.1) is 11.4 Å². The number of nitrogen functional groups attached to an aromatic ring is 1. The third-order valence-electron chi connectivity index (χ3n) is 2.28. The standard InChI is InChI=1S/C12H8ClF3N2/c13-6-1-2-11(10(17)3-6)18-7-4-8(14)12(16)9(15)5-7/h1-5,18H,17H2. The van der Waals surface area contributed by atoms with Gasteiger partial charge in [-0.05, 0) is 18.2 Å². The van der Waals surface area contributed by atoms with E-state index in [0.29, 0.717) is 16.4 Å². The molecule has 0 aliphatic carbocycles. The van der Waals surface area contributed by atoms with Crippen LogP contribution in [-0.4, -0.2) is 0 Å². The van der Waals surface area contributed by atoms with E-state index in [2.05, 4.69) is 5.32 Å². The van der Waals surface area contributed by atoms with Crippen molar-refractivity contribution in [1.82, 2.24) is 0 Å². The van der Waals surface area contributed by atoms with Gasteiger partial charge in [0.15, 0.2) is 17.5 Å². The van der Waals surface area contributed by atoms with Gasteiger partial charge < -0.3 is 11.1 Å². The second-order valence-corrected chi connectivity index (χ2v) is 4.05. The molecule has 6 heteroatoms. The Morgan fingerprint density at radius 1 is 1.00 bits per heavy atom. The third kappa shape index (κ3) is 2.51. The summed E-state index contributed by atoms with van der Waals surface area (Å²) < 4.78 is 38.8. The fraction of sp³-hybridized carbons (Fsp3) is 0. The van der Waals surface area contributed by atoms with Crippen molar-refractivity contribution in [1.29, 1.82) is 0 Å². The first-order chi connectivity index (χ1) is 8.47. The second-order valence-electron chi connectivity index (χ2n) is 3.61. The van der Waals surface area contributed by atoms with Crippen molar-refractivity contribution in [2.75, 3.05) is 11.1 Å². The van der Waals surface area contributed by atoms with Crippen LogP contribution >= 0.6 is 11.6 Å². The van der Waals surface area contributed by atoms with Gasteiger partial charge in [0, 0.05) is 22.8 Å². The first-order valence-electron chi connectivity index (χ1n) is 4.94. The van der Waals surface area contributed by atoms with E-state index in [-0.39, 0.29) is 5.69 Å². The SMILES string of the molecule is Nc1cc(Cl)ccc1Nc1cc(F)c(F)c(F)c1. The average Bonchev–Trinajstić information content (AvgIpc) is 2.29. The molecule has 0 saturated heterocycles. The van der Waals surface area contributed by atoms with Crippen LogP contribution < -0.4 is 11.1 Å². The molecule has 0 fully saturated rings. The van der Waals surface area contributed by atoms with Crippen LogP contribution in [0.5, 0.6) is 0 Å². The zero-order chi connectivity index (χ0) is 13.3. The van der Waals surface area contributed by atoms with Crippen molar-refractivity contribution < 1.29 is 13.2 Å². The fourth-order valence-electron chi connectivity index (χ4n) is 1.43. The minimum atomic E-state index is -1.51. The molecule has 0 radical (unpaired) electrons. The zero-order valence-electron chi connectivity index (χ0n) is 8.98. The van der Waals surface area contributed by atoms with Crippen molar-refractivity contribution >= 4 is 28.7 Å². The Morgan fingerprint density at radius 2 is 1.61 bits per heavy atom. The van der Waals surface area contributed by atoms with Gasteiger partial charge in [-0.25, -0.2) is 13.2 Å². The molecule has 2 aromatic rings. The molecule has 0 aromatic heterocycles. The quantitative estimate of drug-likeness (QED) is 0.638. The second kappa shape index (κ2) is 4.78. The van der Waals surface area contributed by atoms with Gasteiger partial charge in [-0.3, -0.25) is 0 Å². The van der Waals surface area contributed by atoms with Crippen LogP contribution in [0, 0.1) is 17.5 Å². The molecule has 0 heterocycles. The molecule has 0 saturated carbocycles. The molecule has 2 rings (SSSR count). The van der Waals surface area contributed by atoms with E-state index in [1.807, 2.05) is 0 Å². The Labute approximate surface area is 106 Å². The Morgan fingerprint density at radius 3 is 2.17 bits per heavy atom. The molecule has 3 N–H and O–H groups in total. The molecule has 2 nitrogen and oxygen atoms in total. The van der Waals surface area contributed by atoms with E-state index >= 15 is 0 Å². The molecule has 94 valence electrons. The number of benzene rings is 2. The van der Waals surface area contributed by atoms with Gasteiger partial charge in [-0.1, -0.05) is 11.6 Å². The smallest absolute Gasteiger partial charge is 0.194 e. The highest BCUT2D eigenvalue weighted by Crippen LogP contribution is 2.27. The summed E-state index contributed by atoms with van der Waals surface area (Å²) in [6, 6.07) is 6.28. The molecule has 0 aliphatic heterocycles. The van der Waals surface area contributed by atoms with Crippen molar-refractivity contribution in [3.8, 4) is 0 Å². The molecule has 0 amide bonds. The van der Waals surface area contributed by atoms with Gasteiger partial charge in [0.1, 0.15) is 0 Å². The molecule has 2 aromatic carbocycles. The summed E-state index contributed by atoms with van der Waals surface area (Å²) in [5.41, 5.74) is 6.46. The van der Waals surface area contributed by atoms with Gasteiger partial charge in [-0.15, -0.1) is 0 Å². The van der Waals surface area contributed by atoms with E-state index in [4.69, 9.17) is 17.3 Å². The Kier molecular flexibility index (Phi) is 3.34. The third-order valence-corrected chi connectivity index (χ3v) is 2.51. The summed E-state index contributed by atoms with van der Waals surface area (Å²) in [6.07, 6.45) is 0. The highest BCUT2D eigenvalue weighted by atomic mass is 35.5. The number of halogens is 4. The summed E-state index contributed by atoms with van der Waals surface area (Å²) in [5.74, 6) is -4.06. The van der Waals surface area contributed by atoms with E-state index in [1.165, 1.54) is 6.07 Å². The largest absolute Gasteiger partial charge is 0.397 e. The number of hydrogen-bond acceptors (Lipinski definition) is 2. The van der Waals surface area contributed by atoms with Gasteiger partial charge in [0.25, 0.3) is 0 Å². The lowest BCUT2D eigenvalue weighted by Gasteiger charge is -2.10. The Bertz CT molecular complexity index is 579. The highest BCUT2D eigenvalue weighted by Gasteiger charge is 2.11. The fourth-order valence-corrected chi connectivity index (χ4v) is 1.61. The average molecular weight is 273 g/mol. The molecule has 0 unspecified atom stereocenters. The number of rotatable bonds is 2. The summed E-state index contributed by atoms with van der Waals surface area (Å²) in [6.45, 7) is 0. The van der Waals surface area contributed by atoms with Crippen LogP contribution in [0.1, 0.15) is 0 Å². The van der Waals surface area contributed by atoms with Crippen molar-refractivity contribution in [3.63, 3.8) is 0 Å². The molecule has 18 heavy (non-hydrogen) atoms. The zero-order valence-corrected chi connectivity index (χ0v) is 9.73. The molecule has 0 atom stereocenters. The van der Waals surface area contributed by atoms with Crippen LogP contribution in [-0.2, 0) is 0 Å². The number of hydrogen-bond donors (Lipinski definition) is 2. The van der Waals surface area contributed by atoms with Gasteiger partial charge in [-0.2, -0.15) is 0 Å². The van der Waals surface area contributed by atoms with E-state index in [9.17, 15) is 13.2 Å². The van der Waals surface area contributed by atoms with Crippen molar-refractivity contribution in [2.24, 2.45) is 0 Å². The maximum absolute atomic E-state index is 13.0. The van der Waals surface area contributed by atoms with E-state index in [0.717, 1.165) is 12.1 Å². The summed E-state index contributed by atoms with van der Waals surface area (Å²) >= 11 is 5.71. The molecule has 0 spiro atoms. The number of nitrogens with one attached hydrogen (secondary N) is 1. The highest BCUT2D eigenvalue weighted by molar-refractivity contribution is 6.31. The van der Waals surface area contributed by atoms with Crippen LogP contribution in [0.3, 0.4) is 0 Å². The maximum atomic E-state index is 13.0. The van der Waals surface area contributed by atoms with Crippen molar-refractivity contribution in [2.45, 2.75) is 0 Å². The summed E-state index contributed by atoms with van der Waals surface area (Å²) in [4.78, 5) is 0.